The lowest BCUT2D eigenvalue weighted by molar-refractivity contribution is 0.137. The van der Waals surface area contributed by atoms with Crippen LogP contribution in [0, 0.1) is 5.92 Å². The molecule has 0 amide bonds. The van der Waals surface area contributed by atoms with Gasteiger partial charge in [-0.25, -0.2) is 0 Å². The van der Waals surface area contributed by atoms with Crippen LogP contribution in [0.15, 0.2) is 23.8 Å². The van der Waals surface area contributed by atoms with Gasteiger partial charge in [0.15, 0.2) is 0 Å². The molecular weight excluding hydrogens is 206 g/mol. The standard InChI is InChI=1S/C16H27N/c1-3-14(2)17-11-9-16(10-12-17)13-15-7-5-4-6-8-15/h4-5,8,14,16H,3,6-7,9-13H2,1-2H3. The summed E-state index contributed by atoms with van der Waals surface area (Å²) in [6.45, 7) is 7.32. The highest BCUT2D eigenvalue weighted by Crippen LogP contribution is 2.28. The Balaban J connectivity index is 1.73. The fourth-order valence-electron chi connectivity index (χ4n) is 3.04. The van der Waals surface area contributed by atoms with E-state index in [1.54, 1.807) is 5.57 Å². The highest BCUT2D eigenvalue weighted by atomic mass is 15.2. The van der Waals surface area contributed by atoms with Crippen LogP contribution >= 0.6 is 0 Å². The van der Waals surface area contributed by atoms with E-state index in [0.717, 1.165) is 12.0 Å². The first-order valence-electron chi connectivity index (χ1n) is 7.36. The highest BCUT2D eigenvalue weighted by Gasteiger charge is 2.22. The normalized spacial score (nSPS) is 24.7. The van der Waals surface area contributed by atoms with Gasteiger partial charge in [0.25, 0.3) is 0 Å². The summed E-state index contributed by atoms with van der Waals surface area (Å²) >= 11 is 0. The molecule has 0 spiro atoms. The van der Waals surface area contributed by atoms with Crippen molar-refractivity contribution in [2.24, 2.45) is 5.92 Å². The van der Waals surface area contributed by atoms with Gasteiger partial charge in [-0.1, -0.05) is 30.7 Å². The van der Waals surface area contributed by atoms with Crippen LogP contribution in [0.4, 0.5) is 0 Å². The Hall–Kier alpha value is -0.560. The SMILES string of the molecule is CCC(C)N1CCC(CC2=CCC=CC2)CC1. The summed E-state index contributed by atoms with van der Waals surface area (Å²) in [5, 5.41) is 0. The predicted octanol–water partition coefficient (Wildman–Crippen LogP) is 4.16. The van der Waals surface area contributed by atoms with Crippen LogP contribution < -0.4 is 0 Å². The average molecular weight is 233 g/mol. The van der Waals surface area contributed by atoms with Crippen LogP contribution in [0.3, 0.4) is 0 Å². The van der Waals surface area contributed by atoms with Gasteiger partial charge in [0.05, 0.1) is 0 Å². The van der Waals surface area contributed by atoms with Crippen LogP contribution in [-0.4, -0.2) is 24.0 Å². The third kappa shape index (κ3) is 3.70. The van der Waals surface area contributed by atoms with E-state index in [1.165, 1.54) is 51.6 Å². The van der Waals surface area contributed by atoms with E-state index in [0.29, 0.717) is 0 Å². The first kappa shape index (κ1) is 12.9. The van der Waals surface area contributed by atoms with Crippen molar-refractivity contribution < 1.29 is 0 Å². The molecule has 0 saturated carbocycles. The van der Waals surface area contributed by atoms with Crippen LogP contribution in [0.2, 0.25) is 0 Å². The molecule has 0 N–H and O–H groups in total. The lowest BCUT2D eigenvalue weighted by Gasteiger charge is -2.36. The largest absolute Gasteiger partial charge is 0.301 e. The molecular formula is C16H27N. The van der Waals surface area contributed by atoms with Gasteiger partial charge >= 0.3 is 0 Å². The maximum absolute atomic E-state index is 2.67. The molecule has 2 aliphatic rings. The van der Waals surface area contributed by atoms with Crippen LogP contribution in [-0.2, 0) is 0 Å². The lowest BCUT2D eigenvalue weighted by atomic mass is 9.87. The summed E-state index contributed by atoms with van der Waals surface area (Å²) < 4.78 is 0. The highest BCUT2D eigenvalue weighted by molar-refractivity contribution is 5.15. The topological polar surface area (TPSA) is 3.24 Å². The molecule has 1 atom stereocenters. The minimum Gasteiger partial charge on any atom is -0.301 e. The molecule has 1 nitrogen and oxygen atoms in total. The van der Waals surface area contributed by atoms with Crippen LogP contribution in [0.5, 0.6) is 0 Å². The number of likely N-dealkylation sites (tertiary alicyclic amines) is 1. The molecule has 0 aromatic carbocycles. The Kier molecular flexibility index (Phi) is 4.85. The maximum Gasteiger partial charge on any atom is 0.00643 e. The summed E-state index contributed by atoms with van der Waals surface area (Å²) in [6.07, 6.45) is 14.9. The molecule has 1 aliphatic heterocycles. The van der Waals surface area contributed by atoms with E-state index in [9.17, 15) is 0 Å². The van der Waals surface area contributed by atoms with E-state index in [2.05, 4.69) is 37.0 Å². The summed E-state index contributed by atoms with van der Waals surface area (Å²) in [6, 6.07) is 0.785. The van der Waals surface area contributed by atoms with Gasteiger partial charge in [0.1, 0.15) is 0 Å². The van der Waals surface area contributed by atoms with Crippen molar-refractivity contribution in [2.75, 3.05) is 13.1 Å². The monoisotopic (exact) mass is 233 g/mol. The van der Waals surface area contributed by atoms with Crippen LogP contribution in [0.25, 0.3) is 0 Å². The third-order valence-corrected chi connectivity index (χ3v) is 4.50. The van der Waals surface area contributed by atoms with Gasteiger partial charge < -0.3 is 4.90 Å². The van der Waals surface area contributed by atoms with Crippen molar-refractivity contribution in [3.05, 3.63) is 23.8 Å². The van der Waals surface area contributed by atoms with Crippen molar-refractivity contribution in [3.8, 4) is 0 Å². The Morgan fingerprint density at radius 1 is 1.29 bits per heavy atom. The summed E-state index contributed by atoms with van der Waals surface area (Å²) in [5.74, 6) is 0.952. The first-order chi connectivity index (χ1) is 8.29. The molecule has 1 heteroatoms. The number of nitrogens with zero attached hydrogens (tertiary/aromatic N) is 1. The van der Waals surface area contributed by atoms with E-state index >= 15 is 0 Å². The van der Waals surface area contributed by atoms with Gasteiger partial charge in [0.2, 0.25) is 0 Å². The fraction of sp³-hybridized carbons (Fsp3) is 0.750. The second-order valence-electron chi connectivity index (χ2n) is 5.71. The fourth-order valence-corrected chi connectivity index (χ4v) is 3.04. The molecule has 0 radical (unpaired) electrons. The Labute approximate surface area is 107 Å². The molecule has 0 bridgehead atoms. The lowest BCUT2D eigenvalue weighted by Crippen LogP contribution is -2.39. The quantitative estimate of drug-likeness (QED) is 0.659. The number of hydrogen-bond donors (Lipinski definition) is 0. The zero-order valence-corrected chi connectivity index (χ0v) is 11.5. The third-order valence-electron chi connectivity index (χ3n) is 4.50. The molecule has 96 valence electrons. The molecule has 17 heavy (non-hydrogen) atoms. The smallest absolute Gasteiger partial charge is 0.00643 e. The molecule has 0 aromatic heterocycles. The Morgan fingerprint density at radius 2 is 2.06 bits per heavy atom. The predicted molar refractivity (Wildman–Crippen MR) is 75.1 cm³/mol. The summed E-state index contributed by atoms with van der Waals surface area (Å²) in [5.41, 5.74) is 1.69. The minimum atomic E-state index is 0.785. The first-order valence-corrected chi connectivity index (χ1v) is 7.36. The number of hydrogen-bond acceptors (Lipinski definition) is 1. The zero-order valence-electron chi connectivity index (χ0n) is 11.5. The van der Waals surface area contributed by atoms with Gasteiger partial charge in [0, 0.05) is 6.04 Å². The van der Waals surface area contributed by atoms with Crippen molar-refractivity contribution in [1.82, 2.24) is 4.90 Å². The van der Waals surface area contributed by atoms with E-state index in [-0.39, 0.29) is 0 Å². The number of piperidine rings is 1. The Morgan fingerprint density at radius 3 is 2.65 bits per heavy atom. The summed E-state index contributed by atoms with van der Waals surface area (Å²) in [4.78, 5) is 2.67. The molecule has 1 unspecified atom stereocenters. The van der Waals surface area contributed by atoms with Crippen molar-refractivity contribution in [3.63, 3.8) is 0 Å². The van der Waals surface area contributed by atoms with Gasteiger partial charge in [-0.2, -0.15) is 0 Å². The van der Waals surface area contributed by atoms with Gasteiger partial charge in [-0.05, 0) is 64.5 Å². The van der Waals surface area contributed by atoms with Gasteiger partial charge in [-0.3, -0.25) is 0 Å². The van der Waals surface area contributed by atoms with Crippen molar-refractivity contribution >= 4 is 0 Å². The molecule has 2 rings (SSSR count). The molecule has 0 aromatic rings. The summed E-state index contributed by atoms with van der Waals surface area (Å²) in [7, 11) is 0. The van der Waals surface area contributed by atoms with Crippen molar-refractivity contribution in [1.29, 1.82) is 0 Å². The average Bonchev–Trinajstić information content (AvgIpc) is 2.40. The van der Waals surface area contributed by atoms with Crippen molar-refractivity contribution in [2.45, 2.75) is 58.4 Å². The van der Waals surface area contributed by atoms with E-state index in [1.807, 2.05) is 0 Å². The van der Waals surface area contributed by atoms with Crippen LogP contribution in [0.1, 0.15) is 52.4 Å². The Bertz CT molecular complexity index is 282. The number of allylic oxidation sites excluding steroid dienone is 4. The minimum absolute atomic E-state index is 0.785. The number of rotatable bonds is 4. The molecule has 1 heterocycles. The molecule has 1 aliphatic carbocycles. The van der Waals surface area contributed by atoms with Gasteiger partial charge in [-0.15, -0.1) is 0 Å². The van der Waals surface area contributed by atoms with E-state index in [4.69, 9.17) is 0 Å². The zero-order chi connectivity index (χ0) is 12.1. The second kappa shape index (κ2) is 6.39. The maximum atomic E-state index is 2.67. The second-order valence-corrected chi connectivity index (χ2v) is 5.71. The molecule has 1 fully saturated rings. The van der Waals surface area contributed by atoms with E-state index < -0.39 is 0 Å². The molecule has 1 saturated heterocycles.